The number of carbonyl (C=O) groups excluding carboxylic acids is 2. The summed E-state index contributed by atoms with van der Waals surface area (Å²) in [6, 6.07) is 22.2. The molecule has 3 aromatic carbocycles. The molecule has 0 saturated carbocycles. The zero-order valence-electron chi connectivity index (χ0n) is 16.8. The number of amides is 2. The molecule has 1 unspecified atom stereocenters. The summed E-state index contributed by atoms with van der Waals surface area (Å²) in [6.45, 7) is 2.08. The molecule has 2 N–H and O–H groups in total. The second-order valence-electron chi connectivity index (χ2n) is 8.72. The monoisotopic (exact) mass is 412 g/mol. The van der Waals surface area contributed by atoms with Crippen LogP contribution in [0.15, 0.2) is 72.8 Å². The molecule has 1 heterocycles. The Hall–Kier alpha value is -3.32. The standard InChI is InChI=1S/C25H20N2O4/c1-25-18-8-4-2-6-16(18)20(17-7-3-5-9-19(17)25)21-22(25)24(29)26(23(21)28)14-10-12-15(13-11-14)27(30)31/h2-13,20-22,27,30H,1H3/t20?,21-,22-,25?/m1/s1. The molecule has 6 heteroatoms. The van der Waals surface area contributed by atoms with Crippen LogP contribution in [0.5, 0.6) is 0 Å². The highest BCUT2D eigenvalue weighted by atomic mass is 16.8. The predicted molar refractivity (Wildman–Crippen MR) is 113 cm³/mol. The van der Waals surface area contributed by atoms with Crippen molar-refractivity contribution in [1.82, 2.24) is 0 Å². The molecule has 0 spiro atoms. The molecule has 2 bridgehead atoms. The van der Waals surface area contributed by atoms with Crippen molar-refractivity contribution in [3.05, 3.63) is 100 Å². The van der Waals surface area contributed by atoms with Gasteiger partial charge in [0.1, 0.15) is 0 Å². The average Bonchev–Trinajstić information content (AvgIpc) is 3.06. The molecule has 31 heavy (non-hydrogen) atoms. The Balaban J connectivity index is 1.55. The summed E-state index contributed by atoms with van der Waals surface area (Å²) in [5, 5.41) is 19.3. The van der Waals surface area contributed by atoms with Crippen LogP contribution in [0.25, 0.3) is 0 Å². The fourth-order valence-corrected chi connectivity index (χ4v) is 6.16. The lowest BCUT2D eigenvalue weighted by molar-refractivity contribution is -0.991. The van der Waals surface area contributed by atoms with Crippen molar-refractivity contribution < 1.29 is 20.0 Å². The molecule has 3 aromatic rings. The van der Waals surface area contributed by atoms with Gasteiger partial charge in [0.15, 0.2) is 5.69 Å². The summed E-state index contributed by atoms with van der Waals surface area (Å²) in [5.74, 6) is -1.55. The highest BCUT2D eigenvalue weighted by molar-refractivity contribution is 6.23. The van der Waals surface area contributed by atoms with Crippen molar-refractivity contribution in [2.45, 2.75) is 18.3 Å². The van der Waals surface area contributed by atoms with E-state index in [9.17, 15) is 20.0 Å². The molecular weight excluding hydrogens is 392 g/mol. The highest BCUT2D eigenvalue weighted by Gasteiger charge is 2.66. The summed E-state index contributed by atoms with van der Waals surface area (Å²) in [7, 11) is 0. The number of benzene rings is 3. The largest absolute Gasteiger partial charge is 0.595 e. The Labute approximate surface area is 178 Å². The smallest absolute Gasteiger partial charge is 0.238 e. The number of hydrogen-bond donors (Lipinski definition) is 2. The van der Waals surface area contributed by atoms with Gasteiger partial charge in [-0.25, -0.2) is 10.1 Å². The van der Waals surface area contributed by atoms with Gasteiger partial charge in [0.25, 0.3) is 0 Å². The van der Waals surface area contributed by atoms with Crippen LogP contribution in [0.2, 0.25) is 0 Å². The molecule has 0 radical (unpaired) electrons. The number of imide groups is 1. The summed E-state index contributed by atoms with van der Waals surface area (Å²) in [6.07, 6.45) is 0. The Morgan fingerprint density at radius 1 is 0.871 bits per heavy atom. The number of nitrogens with one attached hydrogen (secondary N) is 1. The van der Waals surface area contributed by atoms with Crippen LogP contribution in [0.4, 0.5) is 11.4 Å². The van der Waals surface area contributed by atoms with Gasteiger partial charge in [0.2, 0.25) is 11.8 Å². The van der Waals surface area contributed by atoms with Gasteiger partial charge in [0.05, 0.1) is 17.5 Å². The third-order valence-electron chi connectivity index (χ3n) is 7.42. The van der Waals surface area contributed by atoms with Crippen LogP contribution >= 0.6 is 0 Å². The summed E-state index contributed by atoms with van der Waals surface area (Å²) >= 11 is 0. The second-order valence-corrected chi connectivity index (χ2v) is 8.72. The summed E-state index contributed by atoms with van der Waals surface area (Å²) in [5.41, 5.74) is 4.41. The van der Waals surface area contributed by atoms with E-state index in [0.717, 1.165) is 22.3 Å². The Morgan fingerprint density at radius 2 is 1.42 bits per heavy atom. The first-order valence-electron chi connectivity index (χ1n) is 10.3. The molecule has 7 rings (SSSR count). The van der Waals surface area contributed by atoms with E-state index >= 15 is 0 Å². The third kappa shape index (κ3) is 2.16. The van der Waals surface area contributed by atoms with Crippen molar-refractivity contribution in [3.63, 3.8) is 0 Å². The van der Waals surface area contributed by atoms with Crippen LogP contribution in [0.1, 0.15) is 35.1 Å². The lowest BCUT2D eigenvalue weighted by Gasteiger charge is -2.52. The molecule has 3 aliphatic carbocycles. The topological polar surface area (TPSA) is 85.1 Å². The van der Waals surface area contributed by atoms with E-state index in [1.807, 2.05) is 24.3 Å². The van der Waals surface area contributed by atoms with Crippen molar-refractivity contribution in [1.29, 1.82) is 0 Å². The molecule has 154 valence electrons. The van der Waals surface area contributed by atoms with Crippen LogP contribution < -0.4 is 10.1 Å². The predicted octanol–water partition coefficient (Wildman–Crippen LogP) is 2.66. The fraction of sp³-hybridized carbons (Fsp3) is 0.200. The molecule has 6 nitrogen and oxygen atoms in total. The van der Waals surface area contributed by atoms with Crippen LogP contribution in [0, 0.1) is 17.0 Å². The van der Waals surface area contributed by atoms with Crippen molar-refractivity contribution in [2.75, 3.05) is 4.90 Å². The van der Waals surface area contributed by atoms with Gasteiger partial charge in [-0.05, 0) is 34.4 Å². The van der Waals surface area contributed by atoms with E-state index in [4.69, 9.17) is 0 Å². The zero-order chi connectivity index (χ0) is 21.5. The van der Waals surface area contributed by atoms with Gasteiger partial charge in [0, 0.05) is 23.5 Å². The highest BCUT2D eigenvalue weighted by Crippen LogP contribution is 2.64. The SMILES string of the molecule is CC12c3ccccc3C(c3ccccc31)[C@H]1C(=O)N(c3ccc([NH+]([O-])O)cc3)C(=O)[C@@H]12. The minimum Gasteiger partial charge on any atom is -0.595 e. The lowest BCUT2D eigenvalue weighted by Crippen LogP contribution is -2.99. The minimum atomic E-state index is -1.05. The van der Waals surface area contributed by atoms with Gasteiger partial charge in [-0.1, -0.05) is 55.5 Å². The average molecular weight is 412 g/mol. The van der Waals surface area contributed by atoms with E-state index in [-0.39, 0.29) is 23.4 Å². The fourth-order valence-electron chi connectivity index (χ4n) is 6.16. The molecule has 1 saturated heterocycles. The maximum absolute atomic E-state index is 13.8. The van der Waals surface area contributed by atoms with Crippen molar-refractivity contribution in [3.8, 4) is 0 Å². The normalized spacial score (nSPS) is 28.9. The first kappa shape index (κ1) is 18.4. The number of rotatable bonds is 2. The summed E-state index contributed by atoms with van der Waals surface area (Å²) in [4.78, 5) is 28.8. The van der Waals surface area contributed by atoms with Gasteiger partial charge < -0.3 is 5.21 Å². The zero-order valence-corrected chi connectivity index (χ0v) is 16.8. The molecular formula is C25H20N2O4. The lowest BCUT2D eigenvalue weighted by atomic mass is 9.48. The van der Waals surface area contributed by atoms with E-state index in [1.54, 1.807) is 12.1 Å². The Kier molecular flexibility index (Phi) is 3.63. The maximum Gasteiger partial charge on any atom is 0.238 e. The molecule has 0 aromatic heterocycles. The molecule has 2 amide bonds. The quantitative estimate of drug-likeness (QED) is 0.501. The van der Waals surface area contributed by atoms with E-state index in [2.05, 4.69) is 31.2 Å². The number of quaternary nitrogens is 1. The maximum atomic E-state index is 13.8. The number of hydrogen-bond acceptors (Lipinski definition) is 4. The Morgan fingerprint density at radius 3 is 1.97 bits per heavy atom. The number of nitrogens with zero attached hydrogens (tertiary/aromatic N) is 1. The Bertz CT molecular complexity index is 1200. The number of anilines is 1. The van der Waals surface area contributed by atoms with E-state index < -0.39 is 22.5 Å². The summed E-state index contributed by atoms with van der Waals surface area (Å²) < 4.78 is 0. The first-order chi connectivity index (χ1) is 14.9. The molecule has 3 atom stereocenters. The second kappa shape index (κ2) is 6.11. The van der Waals surface area contributed by atoms with Crippen molar-refractivity contribution >= 4 is 23.2 Å². The first-order valence-corrected chi connectivity index (χ1v) is 10.3. The van der Waals surface area contributed by atoms with E-state index in [0.29, 0.717) is 5.69 Å². The van der Waals surface area contributed by atoms with E-state index in [1.165, 1.54) is 17.0 Å². The van der Waals surface area contributed by atoms with Gasteiger partial charge in [-0.15, -0.1) is 0 Å². The van der Waals surface area contributed by atoms with Gasteiger partial charge in [-0.2, -0.15) is 5.23 Å². The molecule has 1 fully saturated rings. The van der Waals surface area contributed by atoms with Crippen LogP contribution in [-0.2, 0) is 15.0 Å². The van der Waals surface area contributed by atoms with Crippen LogP contribution in [-0.4, -0.2) is 17.0 Å². The minimum absolute atomic E-state index is 0.118. The molecule has 4 aliphatic rings. The van der Waals surface area contributed by atoms with Gasteiger partial charge in [-0.3, -0.25) is 9.59 Å². The van der Waals surface area contributed by atoms with Gasteiger partial charge >= 0.3 is 0 Å². The van der Waals surface area contributed by atoms with Crippen molar-refractivity contribution in [2.24, 2.45) is 11.8 Å². The number of carbonyl (C=O) groups is 2. The van der Waals surface area contributed by atoms with Crippen LogP contribution in [0.3, 0.4) is 0 Å². The third-order valence-corrected chi connectivity index (χ3v) is 7.42. The molecule has 1 aliphatic heterocycles.